The number of carbonyl (C=O) groups is 1. The van der Waals surface area contributed by atoms with Crippen molar-refractivity contribution in [1.82, 2.24) is 10.1 Å². The van der Waals surface area contributed by atoms with E-state index in [4.69, 9.17) is 4.52 Å². The van der Waals surface area contributed by atoms with E-state index < -0.39 is 0 Å². The van der Waals surface area contributed by atoms with Gasteiger partial charge in [0.15, 0.2) is 0 Å². The summed E-state index contributed by atoms with van der Waals surface area (Å²) < 4.78 is 18.2. The molecule has 3 aromatic rings. The fourth-order valence-corrected chi connectivity index (χ4v) is 2.88. The number of anilines is 1. The summed E-state index contributed by atoms with van der Waals surface area (Å²) in [6.07, 6.45) is 2.34. The average Bonchev–Trinajstić information content (AvgIpc) is 3.13. The van der Waals surface area contributed by atoms with E-state index in [2.05, 4.69) is 22.4 Å². The second-order valence-electron chi connectivity index (χ2n) is 6.38. The monoisotopic (exact) mass is 367 g/mol. The number of aryl methyl sites for hydroxylation is 3. The summed E-state index contributed by atoms with van der Waals surface area (Å²) in [5.74, 6) is 0.542. The molecule has 1 N–H and O–H groups in total. The summed E-state index contributed by atoms with van der Waals surface area (Å²) in [4.78, 5) is 16.6. The predicted molar refractivity (Wildman–Crippen MR) is 102 cm³/mol. The molecule has 5 nitrogen and oxygen atoms in total. The number of aromatic nitrogens is 2. The lowest BCUT2D eigenvalue weighted by Gasteiger charge is -2.12. The molecule has 0 aliphatic heterocycles. The van der Waals surface area contributed by atoms with Crippen LogP contribution in [0.25, 0.3) is 11.4 Å². The maximum absolute atomic E-state index is 13.0. The highest BCUT2D eigenvalue weighted by atomic mass is 19.1. The Labute approximate surface area is 157 Å². The van der Waals surface area contributed by atoms with Gasteiger partial charge in [0.05, 0.1) is 0 Å². The Kier molecular flexibility index (Phi) is 5.96. The molecule has 3 rings (SSSR count). The van der Waals surface area contributed by atoms with E-state index in [0.29, 0.717) is 36.5 Å². The Bertz CT molecular complexity index is 919. The van der Waals surface area contributed by atoms with Crippen molar-refractivity contribution >= 4 is 11.6 Å². The minimum atomic E-state index is -0.312. The molecule has 0 unspecified atom stereocenters. The molecule has 1 amide bonds. The highest BCUT2D eigenvalue weighted by molar-refractivity contribution is 5.92. The zero-order chi connectivity index (χ0) is 19.2. The lowest BCUT2D eigenvalue weighted by molar-refractivity contribution is -0.116. The van der Waals surface area contributed by atoms with Crippen molar-refractivity contribution in [3.63, 3.8) is 0 Å². The van der Waals surface area contributed by atoms with E-state index in [1.54, 1.807) is 12.1 Å². The van der Waals surface area contributed by atoms with E-state index >= 15 is 0 Å². The molecule has 140 valence electrons. The maximum atomic E-state index is 13.0. The highest BCUT2D eigenvalue weighted by Crippen LogP contribution is 2.21. The third-order valence-corrected chi connectivity index (χ3v) is 4.37. The van der Waals surface area contributed by atoms with Crippen LogP contribution < -0.4 is 5.32 Å². The molecule has 1 aromatic heterocycles. The van der Waals surface area contributed by atoms with Gasteiger partial charge in [-0.25, -0.2) is 4.39 Å². The molecule has 1 heterocycles. The number of hydrogen-bond donors (Lipinski definition) is 1. The zero-order valence-corrected chi connectivity index (χ0v) is 15.5. The summed E-state index contributed by atoms with van der Waals surface area (Å²) >= 11 is 0. The largest absolute Gasteiger partial charge is 0.339 e. The van der Waals surface area contributed by atoms with Gasteiger partial charge in [-0.15, -0.1) is 0 Å². The highest BCUT2D eigenvalue weighted by Gasteiger charge is 2.11. The second kappa shape index (κ2) is 8.58. The first kappa shape index (κ1) is 18.8. The number of carbonyl (C=O) groups excluding carboxylic acids is 1. The van der Waals surface area contributed by atoms with Crippen LogP contribution >= 0.6 is 0 Å². The van der Waals surface area contributed by atoms with Gasteiger partial charge >= 0.3 is 0 Å². The zero-order valence-electron chi connectivity index (χ0n) is 15.5. The third kappa shape index (κ3) is 4.78. The predicted octanol–water partition coefficient (Wildman–Crippen LogP) is 4.71. The van der Waals surface area contributed by atoms with E-state index in [9.17, 15) is 9.18 Å². The van der Waals surface area contributed by atoms with Gasteiger partial charge in [0.25, 0.3) is 0 Å². The number of nitrogens with zero attached hydrogens (tertiary/aromatic N) is 2. The number of hydrogen-bond acceptors (Lipinski definition) is 4. The van der Waals surface area contributed by atoms with Crippen LogP contribution in [0, 0.1) is 12.7 Å². The number of para-hydroxylation sites is 1. The van der Waals surface area contributed by atoms with E-state index in [1.165, 1.54) is 12.1 Å². The smallest absolute Gasteiger partial charge is 0.226 e. The number of benzene rings is 2. The minimum absolute atomic E-state index is 0.0303. The van der Waals surface area contributed by atoms with Crippen molar-refractivity contribution in [2.24, 2.45) is 0 Å². The van der Waals surface area contributed by atoms with Crippen LogP contribution in [0.2, 0.25) is 0 Å². The van der Waals surface area contributed by atoms with Gasteiger partial charge in [0, 0.05) is 24.1 Å². The molecule has 0 fully saturated rings. The molecule has 0 bridgehead atoms. The van der Waals surface area contributed by atoms with Crippen molar-refractivity contribution in [2.75, 3.05) is 5.32 Å². The van der Waals surface area contributed by atoms with Gasteiger partial charge in [-0.05, 0) is 55.2 Å². The van der Waals surface area contributed by atoms with E-state index in [0.717, 1.165) is 23.2 Å². The molecule has 0 radical (unpaired) electrons. The van der Waals surface area contributed by atoms with Gasteiger partial charge in [-0.3, -0.25) is 4.79 Å². The number of rotatable bonds is 7. The Morgan fingerprint density at radius 3 is 2.70 bits per heavy atom. The van der Waals surface area contributed by atoms with Crippen LogP contribution in [0.5, 0.6) is 0 Å². The topological polar surface area (TPSA) is 68.0 Å². The summed E-state index contributed by atoms with van der Waals surface area (Å²) in [6.45, 7) is 4.06. The van der Waals surface area contributed by atoms with Crippen molar-refractivity contribution in [1.29, 1.82) is 0 Å². The Hall–Kier alpha value is -3.02. The molecule has 2 aromatic carbocycles. The Morgan fingerprint density at radius 2 is 1.96 bits per heavy atom. The number of nitrogens with one attached hydrogen (secondary N) is 1. The molecule has 0 aliphatic carbocycles. The first-order valence-electron chi connectivity index (χ1n) is 9.03. The van der Waals surface area contributed by atoms with Gasteiger partial charge in [0.1, 0.15) is 5.82 Å². The molecular weight excluding hydrogens is 345 g/mol. The normalized spacial score (nSPS) is 10.8. The third-order valence-electron chi connectivity index (χ3n) is 4.37. The van der Waals surface area contributed by atoms with E-state index in [1.807, 2.05) is 25.1 Å². The molecular formula is C21H22FN3O2. The first-order chi connectivity index (χ1) is 13.1. The summed E-state index contributed by atoms with van der Waals surface area (Å²) in [7, 11) is 0. The Balaban J connectivity index is 1.53. The average molecular weight is 367 g/mol. The Morgan fingerprint density at radius 1 is 1.19 bits per heavy atom. The first-order valence-corrected chi connectivity index (χ1v) is 9.03. The standard InChI is InChI=1S/C21H22FN3O2/c1-3-15-7-4-6-14(2)20(15)23-18(26)8-5-9-19-24-21(25-27-19)16-10-12-17(22)13-11-16/h4,6-7,10-13H,3,5,8-9H2,1-2H3,(H,23,26). The van der Waals surface area contributed by atoms with Crippen LogP contribution in [0.3, 0.4) is 0 Å². The fraction of sp³-hybridized carbons (Fsp3) is 0.286. The van der Waals surface area contributed by atoms with Crippen LogP contribution in [0.4, 0.5) is 10.1 Å². The summed E-state index contributed by atoms with van der Waals surface area (Å²) in [5.41, 5.74) is 3.78. The van der Waals surface area contributed by atoms with Crippen molar-refractivity contribution < 1.29 is 13.7 Å². The summed E-state index contributed by atoms with van der Waals surface area (Å²) in [5, 5.41) is 6.92. The molecule has 6 heteroatoms. The number of halogens is 1. The van der Waals surface area contributed by atoms with Gasteiger partial charge in [-0.1, -0.05) is 30.3 Å². The lowest BCUT2D eigenvalue weighted by atomic mass is 10.1. The molecule has 0 saturated carbocycles. The minimum Gasteiger partial charge on any atom is -0.339 e. The molecule has 0 aliphatic rings. The van der Waals surface area contributed by atoms with Gasteiger partial charge in [0.2, 0.25) is 17.6 Å². The fourth-order valence-electron chi connectivity index (χ4n) is 2.88. The molecule has 0 spiro atoms. The molecule has 0 saturated heterocycles. The van der Waals surface area contributed by atoms with Gasteiger partial charge < -0.3 is 9.84 Å². The van der Waals surface area contributed by atoms with Crippen LogP contribution in [-0.2, 0) is 17.6 Å². The van der Waals surface area contributed by atoms with E-state index in [-0.39, 0.29) is 11.7 Å². The number of amides is 1. The summed E-state index contributed by atoms with van der Waals surface area (Å²) in [6, 6.07) is 11.9. The maximum Gasteiger partial charge on any atom is 0.226 e. The van der Waals surface area contributed by atoms with Crippen molar-refractivity contribution in [2.45, 2.75) is 39.5 Å². The van der Waals surface area contributed by atoms with Crippen molar-refractivity contribution in [3.8, 4) is 11.4 Å². The quantitative estimate of drug-likeness (QED) is 0.657. The molecule has 0 atom stereocenters. The second-order valence-corrected chi connectivity index (χ2v) is 6.38. The molecule has 27 heavy (non-hydrogen) atoms. The lowest BCUT2D eigenvalue weighted by Crippen LogP contribution is -2.14. The van der Waals surface area contributed by atoms with Gasteiger partial charge in [-0.2, -0.15) is 4.98 Å². The SMILES string of the molecule is CCc1cccc(C)c1NC(=O)CCCc1nc(-c2ccc(F)cc2)no1. The van der Waals surface area contributed by atoms with Crippen LogP contribution in [0.15, 0.2) is 47.0 Å². The van der Waals surface area contributed by atoms with Crippen LogP contribution in [-0.4, -0.2) is 16.0 Å². The van der Waals surface area contributed by atoms with Crippen LogP contribution in [0.1, 0.15) is 36.8 Å². The van der Waals surface area contributed by atoms with Crippen molar-refractivity contribution in [3.05, 3.63) is 65.3 Å².